The molecule has 1 aromatic carbocycles. The van der Waals surface area contributed by atoms with Crippen LogP contribution in [0.3, 0.4) is 0 Å². The highest BCUT2D eigenvalue weighted by Gasteiger charge is 2.41. The fourth-order valence-electron chi connectivity index (χ4n) is 4.11. The lowest BCUT2D eigenvalue weighted by atomic mass is 9.68. The highest BCUT2D eigenvalue weighted by atomic mass is 32.2. The van der Waals surface area contributed by atoms with Gasteiger partial charge < -0.3 is 5.11 Å². The average Bonchev–Trinajstić information content (AvgIpc) is 2.41. The Labute approximate surface area is 137 Å². The third-order valence-electron chi connectivity index (χ3n) is 5.13. The molecule has 2 aliphatic rings. The van der Waals surface area contributed by atoms with Crippen molar-refractivity contribution in [1.29, 1.82) is 0 Å². The standard InChI is InChI=1S/C19H24O2S/c1-12-8-13(2)17(14(3)9-12)18-15(20)10-19(11-16(18)21)4-6-22-7-5-19/h8-9,20H,4-7,10-11H2,1-3H3. The molecule has 2 nitrogen and oxygen atoms in total. The van der Waals surface area contributed by atoms with Gasteiger partial charge in [0.1, 0.15) is 5.76 Å². The summed E-state index contributed by atoms with van der Waals surface area (Å²) in [6.07, 6.45) is 3.36. The van der Waals surface area contributed by atoms with Crippen molar-refractivity contribution >= 4 is 23.1 Å². The minimum absolute atomic E-state index is 0.0163. The monoisotopic (exact) mass is 316 g/mol. The van der Waals surface area contributed by atoms with Crippen LogP contribution in [-0.2, 0) is 4.79 Å². The van der Waals surface area contributed by atoms with Gasteiger partial charge in [0, 0.05) is 12.8 Å². The van der Waals surface area contributed by atoms with Crippen LogP contribution in [0.25, 0.3) is 5.57 Å². The number of aryl methyl sites for hydroxylation is 3. The van der Waals surface area contributed by atoms with Crippen LogP contribution in [0, 0.1) is 26.2 Å². The topological polar surface area (TPSA) is 37.3 Å². The van der Waals surface area contributed by atoms with Gasteiger partial charge in [0.05, 0.1) is 5.57 Å². The second-order valence-corrected chi connectivity index (χ2v) is 8.21. The molecule has 0 unspecified atom stereocenters. The summed E-state index contributed by atoms with van der Waals surface area (Å²) < 4.78 is 0. The lowest BCUT2D eigenvalue weighted by Gasteiger charge is -2.40. The number of thioether (sulfide) groups is 1. The number of ketones is 1. The van der Waals surface area contributed by atoms with Gasteiger partial charge in [-0.15, -0.1) is 0 Å². The zero-order chi connectivity index (χ0) is 15.9. The van der Waals surface area contributed by atoms with E-state index in [1.54, 1.807) is 0 Å². The summed E-state index contributed by atoms with van der Waals surface area (Å²) >= 11 is 1.96. The van der Waals surface area contributed by atoms with Crippen molar-refractivity contribution in [3.8, 4) is 0 Å². The number of carbonyl (C=O) groups excluding carboxylic acids is 1. The molecule has 1 saturated heterocycles. The van der Waals surface area contributed by atoms with Crippen LogP contribution in [0.1, 0.15) is 47.9 Å². The van der Waals surface area contributed by atoms with Crippen LogP contribution in [0.4, 0.5) is 0 Å². The van der Waals surface area contributed by atoms with Crippen LogP contribution < -0.4 is 0 Å². The number of hydrogen-bond acceptors (Lipinski definition) is 3. The molecular formula is C19H24O2S. The molecule has 0 radical (unpaired) electrons. The minimum Gasteiger partial charge on any atom is -0.512 e. The van der Waals surface area contributed by atoms with Crippen molar-refractivity contribution in [3.05, 3.63) is 40.1 Å². The zero-order valence-corrected chi connectivity index (χ0v) is 14.5. The molecule has 0 bridgehead atoms. The SMILES string of the molecule is Cc1cc(C)c(C2=C(O)CC3(CCSCC3)CC2=O)c(C)c1. The van der Waals surface area contributed by atoms with Crippen LogP contribution in [0.15, 0.2) is 17.9 Å². The summed E-state index contributed by atoms with van der Waals surface area (Å²) in [4.78, 5) is 12.8. The predicted molar refractivity (Wildman–Crippen MR) is 93.4 cm³/mol. The van der Waals surface area contributed by atoms with Gasteiger partial charge >= 0.3 is 0 Å². The molecule has 0 amide bonds. The van der Waals surface area contributed by atoms with Crippen molar-refractivity contribution in [2.75, 3.05) is 11.5 Å². The van der Waals surface area contributed by atoms with Crippen molar-refractivity contribution in [1.82, 2.24) is 0 Å². The molecule has 1 spiro atoms. The number of Topliss-reactive ketones (excluding diaryl/α,β-unsaturated/α-hetero) is 1. The molecule has 1 heterocycles. The molecular weight excluding hydrogens is 292 g/mol. The van der Waals surface area contributed by atoms with E-state index >= 15 is 0 Å². The number of aliphatic hydroxyl groups excluding tert-OH is 1. The van der Waals surface area contributed by atoms with Gasteiger partial charge in [0.15, 0.2) is 5.78 Å². The van der Waals surface area contributed by atoms with E-state index in [2.05, 4.69) is 19.1 Å². The molecule has 1 aliphatic carbocycles. The van der Waals surface area contributed by atoms with E-state index in [1.807, 2.05) is 25.6 Å². The van der Waals surface area contributed by atoms with Gasteiger partial charge in [0.25, 0.3) is 0 Å². The third kappa shape index (κ3) is 2.71. The lowest BCUT2D eigenvalue weighted by Crippen LogP contribution is -2.34. The normalized spacial score (nSPS) is 21.5. The number of benzene rings is 1. The molecule has 3 rings (SSSR count). The van der Waals surface area contributed by atoms with Crippen LogP contribution >= 0.6 is 11.8 Å². The summed E-state index contributed by atoms with van der Waals surface area (Å²) in [5, 5.41) is 10.7. The maximum Gasteiger partial charge on any atom is 0.167 e. The molecule has 0 aromatic heterocycles. The predicted octanol–water partition coefficient (Wildman–Crippen LogP) is 4.76. The highest BCUT2D eigenvalue weighted by molar-refractivity contribution is 7.99. The average molecular weight is 316 g/mol. The lowest BCUT2D eigenvalue weighted by molar-refractivity contribution is -0.117. The molecule has 3 heteroatoms. The second-order valence-electron chi connectivity index (χ2n) is 6.98. The first kappa shape index (κ1) is 15.7. The number of aliphatic hydroxyl groups is 1. The van der Waals surface area contributed by atoms with Crippen LogP contribution in [0.2, 0.25) is 0 Å². The van der Waals surface area contributed by atoms with Gasteiger partial charge in [-0.1, -0.05) is 17.7 Å². The van der Waals surface area contributed by atoms with Gasteiger partial charge in [-0.2, -0.15) is 11.8 Å². The maximum atomic E-state index is 12.8. The first-order valence-corrected chi connectivity index (χ1v) is 9.19. The van der Waals surface area contributed by atoms with E-state index in [0.717, 1.165) is 41.0 Å². The first-order chi connectivity index (χ1) is 10.4. The van der Waals surface area contributed by atoms with Crippen LogP contribution in [-0.4, -0.2) is 22.4 Å². The molecule has 1 fully saturated rings. The highest BCUT2D eigenvalue weighted by Crippen LogP contribution is 2.48. The number of carbonyl (C=O) groups is 1. The van der Waals surface area contributed by atoms with Crippen molar-refractivity contribution < 1.29 is 9.90 Å². The van der Waals surface area contributed by atoms with Gasteiger partial charge in [-0.05, 0) is 67.2 Å². The van der Waals surface area contributed by atoms with Gasteiger partial charge in [-0.25, -0.2) is 0 Å². The number of rotatable bonds is 1. The summed E-state index contributed by atoms with van der Waals surface area (Å²) in [5.41, 5.74) is 4.92. The van der Waals surface area contributed by atoms with E-state index < -0.39 is 0 Å². The van der Waals surface area contributed by atoms with E-state index in [1.165, 1.54) is 5.56 Å². The van der Waals surface area contributed by atoms with E-state index in [-0.39, 0.29) is 11.2 Å². The number of hydrogen-bond donors (Lipinski definition) is 1. The van der Waals surface area contributed by atoms with E-state index in [0.29, 0.717) is 24.2 Å². The summed E-state index contributed by atoms with van der Waals surface area (Å²) in [6.45, 7) is 6.13. The Kier molecular flexibility index (Phi) is 4.11. The summed E-state index contributed by atoms with van der Waals surface area (Å²) in [6, 6.07) is 4.19. The Morgan fingerprint density at radius 1 is 1.05 bits per heavy atom. The van der Waals surface area contributed by atoms with Crippen molar-refractivity contribution in [2.45, 2.75) is 46.5 Å². The second kappa shape index (κ2) is 5.77. The van der Waals surface area contributed by atoms with E-state index in [9.17, 15) is 9.90 Å². The minimum atomic E-state index is 0.0163. The Morgan fingerprint density at radius 2 is 1.64 bits per heavy atom. The molecule has 1 N–H and O–H groups in total. The fourth-order valence-corrected chi connectivity index (χ4v) is 5.47. The summed E-state index contributed by atoms with van der Waals surface area (Å²) in [7, 11) is 0. The number of allylic oxidation sites excluding steroid dienone is 2. The third-order valence-corrected chi connectivity index (χ3v) is 6.11. The Bertz CT molecular complexity index is 628. The maximum absolute atomic E-state index is 12.8. The van der Waals surface area contributed by atoms with Gasteiger partial charge in [0.2, 0.25) is 0 Å². The largest absolute Gasteiger partial charge is 0.512 e. The zero-order valence-electron chi connectivity index (χ0n) is 13.7. The first-order valence-electron chi connectivity index (χ1n) is 8.03. The van der Waals surface area contributed by atoms with Crippen molar-refractivity contribution in [2.24, 2.45) is 5.41 Å². The Morgan fingerprint density at radius 3 is 2.18 bits per heavy atom. The summed E-state index contributed by atoms with van der Waals surface area (Å²) in [5.74, 6) is 2.67. The molecule has 118 valence electrons. The molecule has 0 saturated carbocycles. The van der Waals surface area contributed by atoms with Crippen LogP contribution in [0.5, 0.6) is 0 Å². The van der Waals surface area contributed by atoms with E-state index in [4.69, 9.17) is 0 Å². The Hall–Kier alpha value is -1.22. The van der Waals surface area contributed by atoms with Gasteiger partial charge in [-0.3, -0.25) is 4.79 Å². The molecule has 1 aromatic rings. The smallest absolute Gasteiger partial charge is 0.167 e. The Balaban J connectivity index is 2.04. The quantitative estimate of drug-likeness (QED) is 0.812. The fraction of sp³-hybridized carbons (Fsp3) is 0.526. The molecule has 1 aliphatic heterocycles. The molecule has 0 atom stereocenters. The van der Waals surface area contributed by atoms with Crippen molar-refractivity contribution in [3.63, 3.8) is 0 Å². The molecule has 22 heavy (non-hydrogen) atoms.